The van der Waals surface area contributed by atoms with Gasteiger partial charge in [-0.1, -0.05) is 0 Å². The quantitative estimate of drug-likeness (QED) is 0.411. The Bertz CT molecular complexity index is 1390. The molecule has 3 heterocycles. The van der Waals surface area contributed by atoms with Crippen molar-refractivity contribution in [3.63, 3.8) is 0 Å². The van der Waals surface area contributed by atoms with Crippen molar-refractivity contribution in [1.82, 2.24) is 9.88 Å². The van der Waals surface area contributed by atoms with Gasteiger partial charge in [0.2, 0.25) is 0 Å². The Morgan fingerprint density at radius 3 is 2.26 bits per heavy atom. The lowest BCUT2D eigenvalue weighted by molar-refractivity contribution is 0.0752. The van der Waals surface area contributed by atoms with Crippen LogP contribution in [-0.4, -0.2) is 54.9 Å². The van der Waals surface area contributed by atoms with Crippen molar-refractivity contribution in [3.05, 3.63) is 71.1 Å². The van der Waals surface area contributed by atoms with Crippen LogP contribution >= 0.6 is 11.3 Å². The first kappa shape index (κ1) is 22.9. The number of nitrogen functional groups attached to an aromatic ring is 1. The second-order valence-electron chi connectivity index (χ2n) is 8.50. The lowest BCUT2D eigenvalue weighted by atomic mass is 10.1. The fraction of sp³-hybridized carbons (Fsp3) is 0.222. The van der Waals surface area contributed by atoms with Gasteiger partial charge in [-0.25, -0.2) is 4.98 Å². The molecule has 2 N–H and O–H groups in total. The minimum atomic E-state index is -0.0527. The fourth-order valence-electron chi connectivity index (χ4n) is 4.30. The number of methoxy groups -OCH3 is 1. The average Bonchev–Trinajstić information content (AvgIpc) is 3.24. The van der Waals surface area contributed by atoms with Crippen LogP contribution in [0.2, 0.25) is 0 Å². The van der Waals surface area contributed by atoms with Crippen LogP contribution in [0.4, 0.5) is 11.4 Å². The predicted molar refractivity (Wildman–Crippen MR) is 141 cm³/mol. The van der Waals surface area contributed by atoms with Gasteiger partial charge in [0.25, 0.3) is 5.91 Å². The molecule has 0 bridgehead atoms. The monoisotopic (exact) mass is 486 g/mol. The second kappa shape index (κ2) is 9.38. The van der Waals surface area contributed by atoms with Crippen LogP contribution in [0.5, 0.6) is 5.75 Å². The number of fused-ring (bicyclic) bond motifs is 1. The fourth-order valence-corrected chi connectivity index (χ4v) is 5.36. The van der Waals surface area contributed by atoms with Gasteiger partial charge in [-0.2, -0.15) is 0 Å². The van der Waals surface area contributed by atoms with Crippen molar-refractivity contribution in [2.24, 2.45) is 0 Å². The average molecular weight is 487 g/mol. The number of benzene rings is 2. The molecule has 5 rings (SSSR count). The molecule has 0 spiro atoms. The van der Waals surface area contributed by atoms with Crippen LogP contribution in [0.1, 0.15) is 27.0 Å². The van der Waals surface area contributed by atoms with Crippen LogP contribution in [0.15, 0.2) is 60.7 Å². The van der Waals surface area contributed by atoms with E-state index in [0.717, 1.165) is 46.0 Å². The Morgan fingerprint density at radius 2 is 1.63 bits per heavy atom. The summed E-state index contributed by atoms with van der Waals surface area (Å²) in [4.78, 5) is 35.0. The first-order valence-corrected chi connectivity index (χ1v) is 12.2. The number of carbonyl (C=O) groups is 2. The molecule has 1 fully saturated rings. The Kier molecular flexibility index (Phi) is 6.13. The molecule has 1 aliphatic heterocycles. The van der Waals surface area contributed by atoms with Gasteiger partial charge >= 0.3 is 0 Å². The molecule has 0 aliphatic carbocycles. The molecular formula is C27H26N4O3S. The number of ketones is 1. The van der Waals surface area contributed by atoms with Crippen LogP contribution in [0.3, 0.4) is 0 Å². The molecular weight excluding hydrogens is 460 g/mol. The van der Waals surface area contributed by atoms with Gasteiger partial charge in [0.1, 0.15) is 15.5 Å². The minimum absolute atomic E-state index is 0.0527. The van der Waals surface area contributed by atoms with Crippen molar-refractivity contribution in [2.75, 3.05) is 43.9 Å². The zero-order chi connectivity index (χ0) is 24.5. The van der Waals surface area contributed by atoms with E-state index in [9.17, 15) is 9.59 Å². The highest BCUT2D eigenvalue weighted by Crippen LogP contribution is 2.35. The summed E-state index contributed by atoms with van der Waals surface area (Å²) in [5, 5.41) is 0.805. The number of Topliss-reactive ketones (excluding diaryl/α,β-unsaturated/α-hetero) is 1. The first-order valence-electron chi connectivity index (χ1n) is 11.4. The Balaban J connectivity index is 1.31. The van der Waals surface area contributed by atoms with Gasteiger partial charge in [-0.15, -0.1) is 11.3 Å². The number of anilines is 2. The van der Waals surface area contributed by atoms with E-state index in [2.05, 4.69) is 4.90 Å². The van der Waals surface area contributed by atoms with E-state index in [1.54, 1.807) is 14.0 Å². The van der Waals surface area contributed by atoms with Gasteiger partial charge in [0.15, 0.2) is 5.78 Å². The predicted octanol–water partition coefficient (Wildman–Crippen LogP) is 4.72. The number of nitrogens with two attached hydrogens (primary N) is 1. The van der Waals surface area contributed by atoms with E-state index in [1.807, 2.05) is 65.6 Å². The number of pyridine rings is 1. The molecule has 0 atom stereocenters. The van der Waals surface area contributed by atoms with Crippen LogP contribution in [-0.2, 0) is 0 Å². The van der Waals surface area contributed by atoms with E-state index in [-0.39, 0.29) is 11.7 Å². The van der Waals surface area contributed by atoms with E-state index in [0.29, 0.717) is 29.2 Å². The number of amides is 1. The van der Waals surface area contributed by atoms with E-state index in [1.165, 1.54) is 11.3 Å². The molecule has 1 saturated heterocycles. The zero-order valence-electron chi connectivity index (χ0n) is 19.7. The summed E-state index contributed by atoms with van der Waals surface area (Å²) < 4.78 is 5.23. The van der Waals surface area contributed by atoms with Gasteiger partial charge in [0.05, 0.1) is 18.5 Å². The highest BCUT2D eigenvalue weighted by molar-refractivity contribution is 7.21. The van der Waals surface area contributed by atoms with Gasteiger partial charge in [-0.05, 0) is 67.6 Å². The van der Waals surface area contributed by atoms with Gasteiger partial charge in [-0.3, -0.25) is 9.59 Å². The lowest BCUT2D eigenvalue weighted by Crippen LogP contribution is -2.48. The molecule has 2 aromatic carbocycles. The number of aromatic nitrogens is 1. The second-order valence-corrected chi connectivity index (χ2v) is 9.50. The Morgan fingerprint density at radius 1 is 0.943 bits per heavy atom. The Hall–Kier alpha value is -3.91. The standard InChI is InChI=1S/C27H26N4O3S/c1-17(32)18-3-7-20(8-4-18)30-13-15-31(16-14-30)27(33)25-24(28)22-11-12-23(29-26(22)35-25)19-5-9-21(34-2)10-6-19/h3-12H,13-16,28H2,1-2H3. The first-order chi connectivity index (χ1) is 16.9. The lowest BCUT2D eigenvalue weighted by Gasteiger charge is -2.36. The summed E-state index contributed by atoms with van der Waals surface area (Å²) >= 11 is 1.35. The van der Waals surface area contributed by atoms with E-state index >= 15 is 0 Å². The number of hydrogen-bond donors (Lipinski definition) is 1. The third-order valence-electron chi connectivity index (χ3n) is 6.38. The maximum atomic E-state index is 13.3. The molecule has 4 aromatic rings. The molecule has 0 unspecified atom stereocenters. The number of carbonyl (C=O) groups excluding carboxylic acids is 2. The summed E-state index contributed by atoms with van der Waals surface area (Å²) in [6, 6.07) is 19.2. The molecule has 7 nitrogen and oxygen atoms in total. The SMILES string of the molecule is COc1ccc(-c2ccc3c(N)c(C(=O)N4CCN(c5ccc(C(C)=O)cc5)CC4)sc3n2)cc1. The molecule has 35 heavy (non-hydrogen) atoms. The molecule has 2 aromatic heterocycles. The number of nitrogens with zero attached hydrogens (tertiary/aromatic N) is 3. The topological polar surface area (TPSA) is 88.8 Å². The summed E-state index contributed by atoms with van der Waals surface area (Å²) in [6.07, 6.45) is 0. The van der Waals surface area contributed by atoms with Crippen molar-refractivity contribution in [3.8, 4) is 17.0 Å². The van der Waals surface area contributed by atoms with Gasteiger partial charge in [0, 0.05) is 48.4 Å². The summed E-state index contributed by atoms with van der Waals surface area (Å²) in [5.41, 5.74) is 10.4. The molecule has 1 aliphatic rings. The summed E-state index contributed by atoms with van der Waals surface area (Å²) in [7, 11) is 1.64. The normalized spacial score (nSPS) is 13.8. The number of piperazine rings is 1. The number of hydrogen-bond acceptors (Lipinski definition) is 7. The minimum Gasteiger partial charge on any atom is -0.497 e. The maximum Gasteiger partial charge on any atom is 0.266 e. The third-order valence-corrected chi connectivity index (χ3v) is 7.48. The third kappa shape index (κ3) is 4.44. The highest BCUT2D eigenvalue weighted by Gasteiger charge is 2.26. The van der Waals surface area contributed by atoms with E-state index < -0.39 is 0 Å². The van der Waals surface area contributed by atoms with Crippen molar-refractivity contribution >= 4 is 44.6 Å². The maximum absolute atomic E-state index is 13.3. The van der Waals surface area contributed by atoms with Crippen LogP contribution in [0, 0.1) is 0 Å². The molecule has 1 amide bonds. The van der Waals surface area contributed by atoms with Crippen molar-refractivity contribution in [2.45, 2.75) is 6.92 Å². The van der Waals surface area contributed by atoms with E-state index in [4.69, 9.17) is 15.5 Å². The molecule has 0 saturated carbocycles. The zero-order valence-corrected chi connectivity index (χ0v) is 20.5. The number of thiophene rings is 1. The highest BCUT2D eigenvalue weighted by atomic mass is 32.1. The largest absolute Gasteiger partial charge is 0.497 e. The van der Waals surface area contributed by atoms with Crippen LogP contribution < -0.4 is 15.4 Å². The van der Waals surface area contributed by atoms with Crippen molar-refractivity contribution < 1.29 is 14.3 Å². The Labute approximate surface area is 207 Å². The number of rotatable bonds is 5. The summed E-state index contributed by atoms with van der Waals surface area (Å²) in [6.45, 7) is 4.21. The van der Waals surface area contributed by atoms with Gasteiger partial charge < -0.3 is 20.3 Å². The molecule has 0 radical (unpaired) electrons. The molecule has 178 valence electrons. The summed E-state index contributed by atoms with van der Waals surface area (Å²) in [5.74, 6) is 0.790. The molecule has 8 heteroatoms. The number of ether oxygens (including phenoxy) is 1. The van der Waals surface area contributed by atoms with Crippen LogP contribution in [0.25, 0.3) is 21.5 Å². The smallest absolute Gasteiger partial charge is 0.266 e. The van der Waals surface area contributed by atoms with Crippen molar-refractivity contribution in [1.29, 1.82) is 0 Å².